The maximum atomic E-state index is 5.88. The molecule has 0 bridgehead atoms. The topological polar surface area (TPSA) is 68.1 Å². The molecule has 0 amide bonds. The second-order valence-corrected chi connectivity index (χ2v) is 8.52. The molecule has 0 radical (unpaired) electrons. The van der Waals surface area contributed by atoms with Gasteiger partial charge < -0.3 is 9.47 Å². The first kappa shape index (κ1) is 24.9. The Morgan fingerprint density at radius 1 is 0.944 bits per heavy atom. The molecule has 0 spiro atoms. The van der Waals surface area contributed by atoms with Crippen molar-refractivity contribution in [1.29, 1.82) is 0 Å². The van der Waals surface area contributed by atoms with Gasteiger partial charge in [0, 0.05) is 5.39 Å². The summed E-state index contributed by atoms with van der Waals surface area (Å²) >= 11 is 0. The van der Waals surface area contributed by atoms with Gasteiger partial charge in [0.05, 0.1) is 31.1 Å². The smallest absolute Gasteiger partial charge is 0.173 e. The van der Waals surface area contributed by atoms with E-state index in [1.165, 1.54) is 5.56 Å². The lowest BCUT2D eigenvalue weighted by Gasteiger charge is -2.11. The van der Waals surface area contributed by atoms with E-state index in [-0.39, 0.29) is 0 Å². The highest BCUT2D eigenvalue weighted by atomic mass is 16.5. The number of hydrazone groups is 1. The molecule has 0 atom stereocenters. The first-order chi connectivity index (χ1) is 17.7. The molecule has 4 rings (SSSR count). The number of ether oxygens (including phenoxy) is 2. The second kappa shape index (κ2) is 12.5. The average molecular weight is 481 g/mol. The molecular formula is C30H32N4O2. The number of fused-ring (bicyclic) bond motifs is 1. The van der Waals surface area contributed by atoms with Crippen LogP contribution >= 0.6 is 0 Å². The van der Waals surface area contributed by atoms with Crippen molar-refractivity contribution in [3.63, 3.8) is 0 Å². The van der Waals surface area contributed by atoms with Gasteiger partial charge in [-0.25, -0.2) is 9.98 Å². The van der Waals surface area contributed by atoms with Crippen molar-refractivity contribution in [1.82, 2.24) is 10.4 Å². The molecule has 6 nitrogen and oxygen atoms in total. The Balaban J connectivity index is 1.56. The van der Waals surface area contributed by atoms with Crippen LogP contribution < -0.4 is 14.9 Å². The Morgan fingerprint density at radius 3 is 2.58 bits per heavy atom. The Bertz CT molecular complexity index is 1350. The number of unbranched alkanes of at least 4 members (excludes halogenated alkanes) is 2. The van der Waals surface area contributed by atoms with E-state index in [0.29, 0.717) is 23.9 Å². The van der Waals surface area contributed by atoms with Crippen LogP contribution in [0.15, 0.2) is 89.0 Å². The first-order valence-electron chi connectivity index (χ1n) is 12.3. The molecule has 0 unspecified atom stereocenters. The first-order valence-corrected chi connectivity index (χ1v) is 12.3. The molecule has 0 saturated carbocycles. The molecular weight excluding hydrogens is 448 g/mol. The molecule has 36 heavy (non-hydrogen) atoms. The van der Waals surface area contributed by atoms with E-state index in [2.05, 4.69) is 24.4 Å². The number of aromatic nitrogens is 1. The van der Waals surface area contributed by atoms with Gasteiger partial charge in [0.25, 0.3) is 0 Å². The van der Waals surface area contributed by atoms with E-state index in [4.69, 9.17) is 19.5 Å². The summed E-state index contributed by atoms with van der Waals surface area (Å²) in [5.74, 6) is 1.98. The number of pyridine rings is 1. The number of amidine groups is 1. The summed E-state index contributed by atoms with van der Waals surface area (Å²) in [6, 6.07) is 25.8. The zero-order chi connectivity index (χ0) is 25.2. The predicted octanol–water partition coefficient (Wildman–Crippen LogP) is 6.82. The molecule has 0 saturated heterocycles. The minimum atomic E-state index is 0.559. The van der Waals surface area contributed by atoms with Crippen LogP contribution in [0.25, 0.3) is 10.9 Å². The average Bonchev–Trinajstić information content (AvgIpc) is 2.92. The van der Waals surface area contributed by atoms with Crippen LogP contribution in [0.4, 0.5) is 5.69 Å². The minimum absolute atomic E-state index is 0.559. The molecule has 0 aliphatic rings. The quantitative estimate of drug-likeness (QED) is 0.117. The third-order valence-corrected chi connectivity index (χ3v) is 5.69. The zero-order valence-corrected chi connectivity index (χ0v) is 21.1. The van der Waals surface area contributed by atoms with Gasteiger partial charge in [-0.1, -0.05) is 61.7 Å². The van der Waals surface area contributed by atoms with Gasteiger partial charge in [-0.05, 0) is 61.4 Å². The van der Waals surface area contributed by atoms with Gasteiger partial charge in [0.15, 0.2) is 17.3 Å². The second-order valence-electron chi connectivity index (χ2n) is 8.52. The maximum absolute atomic E-state index is 5.88. The fraction of sp³-hybridized carbons (Fsp3) is 0.233. The summed E-state index contributed by atoms with van der Waals surface area (Å²) in [6.07, 6.45) is 5.07. The molecule has 1 heterocycles. The Kier molecular flexibility index (Phi) is 8.65. The fourth-order valence-electron chi connectivity index (χ4n) is 3.67. The molecule has 1 N–H and O–H groups in total. The zero-order valence-electron chi connectivity index (χ0n) is 21.1. The van der Waals surface area contributed by atoms with Gasteiger partial charge >= 0.3 is 0 Å². The third kappa shape index (κ3) is 6.69. The number of hydrogen-bond donors (Lipinski definition) is 1. The van der Waals surface area contributed by atoms with Crippen molar-refractivity contribution in [3.8, 4) is 11.5 Å². The van der Waals surface area contributed by atoms with Gasteiger partial charge in [0.1, 0.15) is 5.69 Å². The summed E-state index contributed by atoms with van der Waals surface area (Å²) in [7, 11) is 1.64. The summed E-state index contributed by atoms with van der Waals surface area (Å²) in [5, 5.41) is 5.53. The SMILES string of the molecule is CCCCCOc1ccc(/C=N/NC(=Nc2ccc(C)cc2)c2ccc3ccccc3n2)cc1OC. The molecule has 0 aliphatic heterocycles. The van der Waals surface area contributed by atoms with Crippen molar-refractivity contribution in [2.24, 2.45) is 10.1 Å². The predicted molar refractivity (Wildman–Crippen MR) is 148 cm³/mol. The van der Waals surface area contributed by atoms with Gasteiger partial charge in [-0.15, -0.1) is 0 Å². The highest BCUT2D eigenvalue weighted by Gasteiger charge is 2.08. The van der Waals surface area contributed by atoms with Crippen LogP contribution in [0.5, 0.6) is 11.5 Å². The maximum Gasteiger partial charge on any atom is 0.173 e. The number of aliphatic imine (C=N–C) groups is 1. The van der Waals surface area contributed by atoms with Crippen LogP contribution in [0.2, 0.25) is 0 Å². The summed E-state index contributed by atoms with van der Waals surface area (Å²) in [6.45, 7) is 4.91. The molecule has 0 aliphatic carbocycles. The van der Waals surface area contributed by atoms with E-state index in [0.717, 1.165) is 47.2 Å². The summed E-state index contributed by atoms with van der Waals surface area (Å²) in [5.41, 5.74) is 7.58. The number of rotatable bonds is 10. The number of benzene rings is 3. The Labute approximate surface area is 212 Å². The van der Waals surface area contributed by atoms with E-state index >= 15 is 0 Å². The minimum Gasteiger partial charge on any atom is -0.493 e. The van der Waals surface area contributed by atoms with Crippen molar-refractivity contribution in [3.05, 3.63) is 95.7 Å². The molecule has 0 fully saturated rings. The third-order valence-electron chi connectivity index (χ3n) is 5.69. The number of methoxy groups -OCH3 is 1. The number of nitrogens with zero attached hydrogens (tertiary/aromatic N) is 3. The lowest BCUT2D eigenvalue weighted by Crippen LogP contribution is -2.20. The highest BCUT2D eigenvalue weighted by Crippen LogP contribution is 2.28. The van der Waals surface area contributed by atoms with Gasteiger partial charge in [0.2, 0.25) is 0 Å². The number of para-hydroxylation sites is 1. The summed E-state index contributed by atoms with van der Waals surface area (Å²) < 4.78 is 11.4. The number of nitrogens with one attached hydrogen (secondary N) is 1. The highest BCUT2D eigenvalue weighted by molar-refractivity contribution is 6.00. The van der Waals surface area contributed by atoms with Crippen molar-refractivity contribution in [2.75, 3.05) is 13.7 Å². The van der Waals surface area contributed by atoms with E-state index < -0.39 is 0 Å². The standard InChI is InChI=1S/C30H32N4O2/c1-4-5-8-19-36-28-18-13-23(20-29(28)35-3)21-31-34-30(32-25-15-11-22(2)12-16-25)27-17-14-24-9-6-7-10-26(24)33-27/h6-7,9-18,20-21H,4-5,8,19H2,1-3H3,(H,32,34)/b31-21+. The monoisotopic (exact) mass is 480 g/mol. The van der Waals surface area contributed by atoms with E-state index in [1.807, 2.05) is 78.9 Å². The van der Waals surface area contributed by atoms with Crippen LogP contribution in [0.1, 0.15) is 43.0 Å². The van der Waals surface area contributed by atoms with Crippen LogP contribution in [0.3, 0.4) is 0 Å². The number of aryl methyl sites for hydroxylation is 1. The molecule has 1 aromatic heterocycles. The van der Waals surface area contributed by atoms with E-state index in [9.17, 15) is 0 Å². The van der Waals surface area contributed by atoms with Crippen molar-refractivity contribution in [2.45, 2.75) is 33.1 Å². The Hall–Kier alpha value is -4.19. The lowest BCUT2D eigenvalue weighted by atomic mass is 10.2. The number of hydrogen-bond acceptors (Lipinski definition) is 5. The Morgan fingerprint density at radius 2 is 1.78 bits per heavy atom. The largest absolute Gasteiger partial charge is 0.493 e. The molecule has 6 heteroatoms. The molecule has 4 aromatic rings. The van der Waals surface area contributed by atoms with Crippen LogP contribution in [-0.2, 0) is 0 Å². The normalized spacial score (nSPS) is 11.7. The molecule has 184 valence electrons. The molecule has 3 aromatic carbocycles. The van der Waals surface area contributed by atoms with Gasteiger partial charge in [-0.3, -0.25) is 5.43 Å². The van der Waals surface area contributed by atoms with Crippen LogP contribution in [0, 0.1) is 6.92 Å². The van der Waals surface area contributed by atoms with Crippen molar-refractivity contribution >= 4 is 28.6 Å². The van der Waals surface area contributed by atoms with Crippen molar-refractivity contribution < 1.29 is 9.47 Å². The van der Waals surface area contributed by atoms with Crippen LogP contribution in [-0.4, -0.2) is 30.8 Å². The van der Waals surface area contributed by atoms with E-state index in [1.54, 1.807) is 13.3 Å². The fourth-order valence-corrected chi connectivity index (χ4v) is 3.67. The lowest BCUT2D eigenvalue weighted by molar-refractivity contribution is 0.286. The van der Waals surface area contributed by atoms with Gasteiger partial charge in [-0.2, -0.15) is 5.10 Å². The summed E-state index contributed by atoms with van der Waals surface area (Å²) in [4.78, 5) is 9.58.